The smallest absolute Gasteiger partial charge is 0.261 e. The maximum absolute atomic E-state index is 13.1. The molecule has 6 heteroatoms. The molecule has 0 aromatic heterocycles. The third kappa shape index (κ3) is 6.87. The van der Waals surface area contributed by atoms with Crippen molar-refractivity contribution in [3.05, 3.63) is 63.6 Å². The van der Waals surface area contributed by atoms with Crippen LogP contribution in [-0.4, -0.2) is 35.9 Å². The van der Waals surface area contributed by atoms with Crippen LogP contribution in [0, 0.1) is 13.8 Å². The number of benzene rings is 2. The summed E-state index contributed by atoms with van der Waals surface area (Å²) < 4.78 is 6.74. The van der Waals surface area contributed by atoms with E-state index in [4.69, 9.17) is 4.74 Å². The summed E-state index contributed by atoms with van der Waals surface area (Å²) in [6, 6.07) is 13.0. The summed E-state index contributed by atoms with van der Waals surface area (Å²) in [6.07, 6.45) is 1.38. The van der Waals surface area contributed by atoms with Crippen molar-refractivity contribution in [3.63, 3.8) is 0 Å². The van der Waals surface area contributed by atoms with Crippen molar-refractivity contribution in [1.82, 2.24) is 10.2 Å². The topological polar surface area (TPSA) is 58.6 Å². The fourth-order valence-electron chi connectivity index (χ4n) is 3.23. The van der Waals surface area contributed by atoms with Crippen molar-refractivity contribution in [2.75, 3.05) is 13.2 Å². The van der Waals surface area contributed by atoms with Gasteiger partial charge in [0, 0.05) is 17.6 Å². The van der Waals surface area contributed by atoms with Gasteiger partial charge in [-0.3, -0.25) is 9.59 Å². The number of carbonyl (C=O) groups is 2. The number of nitrogens with one attached hydrogen (secondary N) is 1. The lowest BCUT2D eigenvalue weighted by Gasteiger charge is -2.30. The summed E-state index contributed by atoms with van der Waals surface area (Å²) in [6.45, 7) is 8.74. The molecule has 2 aromatic rings. The highest BCUT2D eigenvalue weighted by atomic mass is 79.9. The van der Waals surface area contributed by atoms with Gasteiger partial charge < -0.3 is 15.0 Å². The lowest BCUT2D eigenvalue weighted by atomic mass is 10.1. The van der Waals surface area contributed by atoms with Crippen LogP contribution >= 0.6 is 15.9 Å². The maximum atomic E-state index is 13.1. The average molecular weight is 475 g/mol. The van der Waals surface area contributed by atoms with Crippen LogP contribution in [0.3, 0.4) is 0 Å². The Bertz CT molecular complexity index is 869. The Kier molecular flexibility index (Phi) is 9.37. The van der Waals surface area contributed by atoms with Crippen LogP contribution in [0.4, 0.5) is 0 Å². The Labute approximate surface area is 187 Å². The zero-order valence-corrected chi connectivity index (χ0v) is 19.8. The first-order valence-electron chi connectivity index (χ1n) is 10.4. The summed E-state index contributed by atoms with van der Waals surface area (Å²) in [5, 5.41) is 2.92. The number of nitrogens with zero attached hydrogens (tertiary/aromatic N) is 1. The summed E-state index contributed by atoms with van der Waals surface area (Å²) in [5.74, 6) is 0.290. The van der Waals surface area contributed by atoms with E-state index in [1.54, 1.807) is 4.90 Å². The second-order valence-corrected chi connectivity index (χ2v) is 8.28. The highest BCUT2D eigenvalue weighted by Gasteiger charge is 2.28. The van der Waals surface area contributed by atoms with E-state index >= 15 is 0 Å². The molecule has 2 rings (SSSR count). The van der Waals surface area contributed by atoms with E-state index in [1.807, 2.05) is 70.2 Å². The van der Waals surface area contributed by atoms with Crippen LogP contribution in [0.15, 0.2) is 46.9 Å². The van der Waals surface area contributed by atoms with E-state index in [-0.39, 0.29) is 18.4 Å². The van der Waals surface area contributed by atoms with Crippen molar-refractivity contribution in [2.24, 2.45) is 0 Å². The predicted molar refractivity (Wildman–Crippen MR) is 123 cm³/mol. The van der Waals surface area contributed by atoms with Gasteiger partial charge in [-0.15, -0.1) is 0 Å². The Morgan fingerprint density at radius 1 is 1.13 bits per heavy atom. The van der Waals surface area contributed by atoms with E-state index in [2.05, 4.69) is 21.2 Å². The quantitative estimate of drug-likeness (QED) is 0.538. The second-order valence-electron chi connectivity index (χ2n) is 7.43. The molecule has 0 bridgehead atoms. The Morgan fingerprint density at radius 2 is 1.90 bits per heavy atom. The summed E-state index contributed by atoms with van der Waals surface area (Å²) in [5.41, 5.74) is 3.14. The lowest BCUT2D eigenvalue weighted by Crippen LogP contribution is -2.50. The van der Waals surface area contributed by atoms with Crippen molar-refractivity contribution >= 4 is 27.7 Å². The molecule has 2 aromatic carbocycles. The van der Waals surface area contributed by atoms with Gasteiger partial charge in [-0.25, -0.2) is 0 Å². The fourth-order valence-corrected chi connectivity index (χ4v) is 3.47. The molecule has 30 heavy (non-hydrogen) atoms. The van der Waals surface area contributed by atoms with Gasteiger partial charge in [-0.1, -0.05) is 59.6 Å². The molecule has 2 amide bonds. The van der Waals surface area contributed by atoms with Gasteiger partial charge in [0.2, 0.25) is 5.91 Å². The molecule has 0 heterocycles. The summed E-state index contributed by atoms with van der Waals surface area (Å²) >= 11 is 3.47. The first-order valence-corrected chi connectivity index (χ1v) is 11.2. The highest BCUT2D eigenvalue weighted by Crippen LogP contribution is 2.22. The first-order chi connectivity index (χ1) is 14.3. The molecule has 5 nitrogen and oxygen atoms in total. The van der Waals surface area contributed by atoms with E-state index in [1.165, 1.54) is 0 Å². The minimum atomic E-state index is -0.542. The molecule has 0 radical (unpaired) electrons. The van der Waals surface area contributed by atoms with Crippen LogP contribution in [0.5, 0.6) is 5.75 Å². The van der Waals surface area contributed by atoms with Gasteiger partial charge in [-0.05, 0) is 56.0 Å². The number of aryl methyl sites for hydroxylation is 2. The minimum Gasteiger partial charge on any atom is -0.484 e. The van der Waals surface area contributed by atoms with Crippen LogP contribution in [0.1, 0.15) is 43.4 Å². The molecule has 1 atom stereocenters. The zero-order valence-electron chi connectivity index (χ0n) is 18.2. The number of hydrogen-bond donors (Lipinski definition) is 1. The normalized spacial score (nSPS) is 11.6. The monoisotopic (exact) mass is 474 g/mol. The largest absolute Gasteiger partial charge is 0.484 e. The standard InChI is InChI=1S/C24H31BrN2O3/c1-5-12-26-24(29)22(6-2)27(15-19-9-7-8-17(3)13-19)23(28)16-30-20-10-11-21(25)18(4)14-20/h7-11,13-14,22H,5-6,12,15-16H2,1-4H3,(H,26,29). The number of halogens is 1. The number of rotatable bonds is 10. The van der Waals surface area contributed by atoms with E-state index in [9.17, 15) is 9.59 Å². The maximum Gasteiger partial charge on any atom is 0.261 e. The summed E-state index contributed by atoms with van der Waals surface area (Å²) in [4.78, 5) is 27.5. The third-order valence-electron chi connectivity index (χ3n) is 4.86. The number of amides is 2. The van der Waals surface area contributed by atoms with E-state index in [0.717, 1.165) is 27.6 Å². The fraction of sp³-hybridized carbons (Fsp3) is 0.417. The van der Waals surface area contributed by atoms with Crippen LogP contribution in [0.2, 0.25) is 0 Å². The first kappa shape index (κ1) is 23.9. The van der Waals surface area contributed by atoms with Gasteiger partial charge >= 0.3 is 0 Å². The predicted octanol–water partition coefficient (Wildman–Crippen LogP) is 4.78. The van der Waals surface area contributed by atoms with Crippen LogP contribution < -0.4 is 10.1 Å². The van der Waals surface area contributed by atoms with Crippen LogP contribution in [0.25, 0.3) is 0 Å². The molecule has 162 valence electrons. The van der Waals surface area contributed by atoms with Gasteiger partial charge in [0.25, 0.3) is 5.91 Å². The highest BCUT2D eigenvalue weighted by molar-refractivity contribution is 9.10. The van der Waals surface area contributed by atoms with Gasteiger partial charge in [0.15, 0.2) is 6.61 Å². The van der Waals surface area contributed by atoms with Gasteiger partial charge in [-0.2, -0.15) is 0 Å². The Balaban J connectivity index is 2.20. The lowest BCUT2D eigenvalue weighted by molar-refractivity contribution is -0.143. The van der Waals surface area contributed by atoms with Crippen molar-refractivity contribution in [1.29, 1.82) is 0 Å². The molecular weight excluding hydrogens is 444 g/mol. The van der Waals surface area contributed by atoms with Crippen molar-refractivity contribution in [3.8, 4) is 5.75 Å². The average Bonchev–Trinajstić information content (AvgIpc) is 2.72. The van der Waals surface area contributed by atoms with Crippen LogP contribution in [-0.2, 0) is 16.1 Å². The second kappa shape index (κ2) is 11.7. The summed E-state index contributed by atoms with van der Waals surface area (Å²) in [7, 11) is 0. The molecule has 0 aliphatic heterocycles. The molecule has 0 fully saturated rings. The molecule has 1 unspecified atom stereocenters. The van der Waals surface area contributed by atoms with Gasteiger partial charge in [0.1, 0.15) is 11.8 Å². The molecule has 0 spiro atoms. The van der Waals surface area contributed by atoms with E-state index < -0.39 is 6.04 Å². The molecule has 0 aliphatic carbocycles. The van der Waals surface area contributed by atoms with Gasteiger partial charge in [0.05, 0.1) is 0 Å². The Hall–Kier alpha value is -2.34. The SMILES string of the molecule is CCCNC(=O)C(CC)N(Cc1cccc(C)c1)C(=O)COc1ccc(Br)c(C)c1. The molecule has 0 aliphatic rings. The van der Waals surface area contributed by atoms with E-state index in [0.29, 0.717) is 25.3 Å². The third-order valence-corrected chi connectivity index (χ3v) is 5.75. The molecular formula is C24H31BrN2O3. The minimum absolute atomic E-state index is 0.121. The molecule has 1 N–H and O–H groups in total. The van der Waals surface area contributed by atoms with Crippen molar-refractivity contribution in [2.45, 2.75) is 53.1 Å². The molecule has 0 saturated heterocycles. The number of carbonyl (C=O) groups excluding carboxylic acids is 2. The number of ether oxygens (including phenoxy) is 1. The molecule has 0 saturated carbocycles. The number of hydrogen-bond acceptors (Lipinski definition) is 3. The zero-order chi connectivity index (χ0) is 22.1. The Morgan fingerprint density at radius 3 is 2.53 bits per heavy atom. The van der Waals surface area contributed by atoms with Crippen molar-refractivity contribution < 1.29 is 14.3 Å².